The summed E-state index contributed by atoms with van der Waals surface area (Å²) in [7, 11) is -2.18. The van der Waals surface area contributed by atoms with Crippen molar-refractivity contribution >= 4 is 16.2 Å². The SMILES string of the molecule is COc1ccc(/C=N\S(=O)(=O)c2ccc(C)cc2)cc1OC(C)C. The number of benzene rings is 2. The van der Waals surface area contributed by atoms with Crippen LogP contribution >= 0.6 is 0 Å². The number of ether oxygens (including phenoxy) is 2. The number of hydrogen-bond donors (Lipinski definition) is 0. The van der Waals surface area contributed by atoms with Gasteiger partial charge in [-0.05, 0) is 56.7 Å². The van der Waals surface area contributed by atoms with Crippen LogP contribution in [-0.4, -0.2) is 27.8 Å². The fourth-order valence-corrected chi connectivity index (χ4v) is 2.88. The van der Waals surface area contributed by atoms with Crippen LogP contribution in [-0.2, 0) is 10.0 Å². The molecule has 0 aliphatic heterocycles. The Balaban J connectivity index is 2.29. The summed E-state index contributed by atoms with van der Waals surface area (Å²) in [6.45, 7) is 5.71. The molecule has 2 aromatic carbocycles. The Morgan fingerprint density at radius 1 is 1.04 bits per heavy atom. The number of hydrogen-bond acceptors (Lipinski definition) is 4. The second kappa shape index (κ2) is 7.49. The van der Waals surface area contributed by atoms with E-state index in [1.54, 1.807) is 49.6 Å². The number of methoxy groups -OCH3 is 1. The van der Waals surface area contributed by atoms with Crippen molar-refractivity contribution in [1.29, 1.82) is 0 Å². The number of nitrogens with zero attached hydrogens (tertiary/aromatic N) is 1. The highest BCUT2D eigenvalue weighted by molar-refractivity contribution is 7.90. The average molecular weight is 347 g/mol. The maximum atomic E-state index is 12.2. The first-order chi connectivity index (χ1) is 11.3. The summed E-state index contributed by atoms with van der Waals surface area (Å²) in [4.78, 5) is 0.163. The molecule has 0 N–H and O–H groups in total. The maximum Gasteiger partial charge on any atom is 0.282 e. The van der Waals surface area contributed by atoms with Gasteiger partial charge in [0.2, 0.25) is 0 Å². The predicted octanol–water partition coefficient (Wildman–Crippen LogP) is 3.60. The van der Waals surface area contributed by atoms with Gasteiger partial charge in [0, 0.05) is 6.21 Å². The van der Waals surface area contributed by atoms with Crippen LogP contribution in [0.25, 0.3) is 0 Å². The van der Waals surface area contributed by atoms with E-state index < -0.39 is 10.0 Å². The molecule has 0 amide bonds. The topological polar surface area (TPSA) is 65.0 Å². The molecule has 0 saturated carbocycles. The third-order valence-electron chi connectivity index (χ3n) is 3.21. The molecule has 5 nitrogen and oxygen atoms in total. The van der Waals surface area contributed by atoms with Gasteiger partial charge in [0.25, 0.3) is 10.0 Å². The number of rotatable bonds is 6. The van der Waals surface area contributed by atoms with Gasteiger partial charge in [0.05, 0.1) is 18.1 Å². The van der Waals surface area contributed by atoms with Gasteiger partial charge in [-0.15, -0.1) is 0 Å². The molecule has 0 radical (unpaired) electrons. The lowest BCUT2D eigenvalue weighted by Gasteiger charge is -2.13. The van der Waals surface area contributed by atoms with Gasteiger partial charge in [0.1, 0.15) is 0 Å². The van der Waals surface area contributed by atoms with Gasteiger partial charge in [0.15, 0.2) is 11.5 Å². The zero-order chi connectivity index (χ0) is 17.7. The van der Waals surface area contributed by atoms with E-state index in [1.807, 2.05) is 20.8 Å². The van der Waals surface area contributed by atoms with Crippen molar-refractivity contribution in [3.8, 4) is 11.5 Å². The molecular formula is C18H21NO4S. The molecule has 0 saturated heterocycles. The summed E-state index contributed by atoms with van der Waals surface area (Å²) in [6.07, 6.45) is 1.28. The molecule has 0 unspecified atom stereocenters. The van der Waals surface area contributed by atoms with Gasteiger partial charge in [-0.25, -0.2) is 0 Å². The Hall–Kier alpha value is -2.34. The lowest BCUT2D eigenvalue weighted by Crippen LogP contribution is -2.07. The first-order valence-electron chi connectivity index (χ1n) is 7.53. The van der Waals surface area contributed by atoms with Gasteiger partial charge < -0.3 is 9.47 Å². The van der Waals surface area contributed by atoms with Gasteiger partial charge in [-0.2, -0.15) is 12.8 Å². The van der Waals surface area contributed by atoms with Crippen molar-refractivity contribution in [2.75, 3.05) is 7.11 Å². The van der Waals surface area contributed by atoms with Crippen molar-refractivity contribution in [3.05, 3.63) is 53.6 Å². The number of aryl methyl sites for hydroxylation is 1. The van der Waals surface area contributed by atoms with E-state index in [1.165, 1.54) is 6.21 Å². The molecule has 0 aliphatic carbocycles. The standard InChI is InChI=1S/C18H21NO4S/c1-13(2)23-18-11-15(7-10-17(18)22-4)12-19-24(20,21)16-8-5-14(3)6-9-16/h5-13H,1-4H3/b19-12-. The van der Waals surface area contributed by atoms with E-state index in [0.717, 1.165) is 5.56 Å². The summed E-state index contributed by atoms with van der Waals surface area (Å²) < 4.78 is 39.2. The van der Waals surface area contributed by atoms with E-state index in [9.17, 15) is 8.42 Å². The smallest absolute Gasteiger partial charge is 0.282 e. The first-order valence-corrected chi connectivity index (χ1v) is 8.97. The Kier molecular flexibility index (Phi) is 5.62. The van der Waals surface area contributed by atoms with E-state index in [-0.39, 0.29) is 11.0 Å². The van der Waals surface area contributed by atoms with E-state index in [2.05, 4.69) is 4.40 Å². The quantitative estimate of drug-likeness (QED) is 0.749. The Labute approximate surface area is 143 Å². The van der Waals surface area contributed by atoms with Crippen LogP contribution in [0.2, 0.25) is 0 Å². The van der Waals surface area contributed by atoms with Crippen LogP contribution in [0.5, 0.6) is 11.5 Å². The third-order valence-corrected chi connectivity index (χ3v) is 4.46. The fourth-order valence-electron chi connectivity index (χ4n) is 2.02. The monoisotopic (exact) mass is 347 g/mol. The minimum absolute atomic E-state index is 0.0256. The molecule has 0 heterocycles. The van der Waals surface area contributed by atoms with Crippen molar-refractivity contribution in [3.63, 3.8) is 0 Å². The summed E-state index contributed by atoms with van der Waals surface area (Å²) in [6, 6.07) is 11.7. The minimum Gasteiger partial charge on any atom is -0.493 e. The second-order valence-corrected chi connectivity index (χ2v) is 7.23. The molecule has 0 fully saturated rings. The molecule has 2 aromatic rings. The largest absolute Gasteiger partial charge is 0.493 e. The second-order valence-electron chi connectivity index (χ2n) is 5.60. The molecule has 0 spiro atoms. The zero-order valence-electron chi connectivity index (χ0n) is 14.2. The van der Waals surface area contributed by atoms with Gasteiger partial charge in [-0.1, -0.05) is 17.7 Å². The lowest BCUT2D eigenvalue weighted by molar-refractivity contribution is 0.230. The average Bonchev–Trinajstić information content (AvgIpc) is 2.53. The van der Waals surface area contributed by atoms with Crippen LogP contribution in [0.15, 0.2) is 51.8 Å². The molecule has 0 aliphatic rings. The highest BCUT2D eigenvalue weighted by Gasteiger charge is 2.12. The Morgan fingerprint density at radius 2 is 1.71 bits per heavy atom. The summed E-state index contributed by atoms with van der Waals surface area (Å²) in [5.74, 6) is 1.13. The number of sulfonamides is 1. The van der Waals surface area contributed by atoms with Crippen LogP contribution in [0.4, 0.5) is 0 Å². The van der Waals surface area contributed by atoms with Crippen molar-refractivity contribution in [2.24, 2.45) is 4.40 Å². The molecular weight excluding hydrogens is 326 g/mol. The third kappa shape index (κ3) is 4.58. The molecule has 0 atom stereocenters. The Morgan fingerprint density at radius 3 is 2.29 bits per heavy atom. The molecule has 2 rings (SSSR count). The highest BCUT2D eigenvalue weighted by Crippen LogP contribution is 2.28. The van der Waals surface area contributed by atoms with E-state index in [4.69, 9.17) is 9.47 Å². The Bertz CT molecular complexity index is 825. The minimum atomic E-state index is -3.73. The molecule has 128 valence electrons. The van der Waals surface area contributed by atoms with Crippen molar-refractivity contribution < 1.29 is 17.9 Å². The van der Waals surface area contributed by atoms with Gasteiger partial charge in [-0.3, -0.25) is 0 Å². The first kappa shape index (κ1) is 18.0. The van der Waals surface area contributed by atoms with Crippen molar-refractivity contribution in [1.82, 2.24) is 0 Å². The molecule has 6 heteroatoms. The summed E-state index contributed by atoms with van der Waals surface area (Å²) in [5.41, 5.74) is 1.60. The van der Waals surface area contributed by atoms with E-state index in [0.29, 0.717) is 17.1 Å². The summed E-state index contributed by atoms with van der Waals surface area (Å²) in [5, 5.41) is 0. The molecule has 0 bridgehead atoms. The van der Waals surface area contributed by atoms with Crippen LogP contribution in [0.3, 0.4) is 0 Å². The van der Waals surface area contributed by atoms with Crippen LogP contribution < -0.4 is 9.47 Å². The van der Waals surface area contributed by atoms with Crippen LogP contribution in [0.1, 0.15) is 25.0 Å². The lowest BCUT2D eigenvalue weighted by atomic mass is 10.2. The van der Waals surface area contributed by atoms with Gasteiger partial charge >= 0.3 is 0 Å². The van der Waals surface area contributed by atoms with Crippen molar-refractivity contribution in [2.45, 2.75) is 31.8 Å². The zero-order valence-corrected chi connectivity index (χ0v) is 15.0. The maximum absolute atomic E-state index is 12.2. The fraction of sp³-hybridized carbons (Fsp3) is 0.278. The predicted molar refractivity (Wildman–Crippen MR) is 94.7 cm³/mol. The summed E-state index contributed by atoms with van der Waals surface area (Å²) >= 11 is 0. The normalized spacial score (nSPS) is 11.9. The molecule has 0 aromatic heterocycles. The van der Waals surface area contributed by atoms with Crippen LogP contribution in [0, 0.1) is 6.92 Å². The highest BCUT2D eigenvalue weighted by atomic mass is 32.2. The molecule has 24 heavy (non-hydrogen) atoms. The van der Waals surface area contributed by atoms with E-state index >= 15 is 0 Å².